The third kappa shape index (κ3) is 4.50. The standard InChI is InChI=1S/C23H20N4O2/c28-21-9-7-18(13-17-5-2-1-3-6-17)14-20(21)23(29)25-16-19-8-10-22(24-15-19)27-12-4-11-26-27/h1-12,14-15,28H,13,16H2,(H,25,29). The first-order valence-electron chi connectivity index (χ1n) is 9.28. The van der Waals surface area contributed by atoms with E-state index in [9.17, 15) is 9.90 Å². The second kappa shape index (κ2) is 8.39. The van der Waals surface area contributed by atoms with Gasteiger partial charge in [0.2, 0.25) is 0 Å². The fourth-order valence-corrected chi connectivity index (χ4v) is 3.05. The summed E-state index contributed by atoms with van der Waals surface area (Å²) in [6.07, 6.45) is 5.90. The highest BCUT2D eigenvalue weighted by molar-refractivity contribution is 5.97. The van der Waals surface area contributed by atoms with Gasteiger partial charge in [0.25, 0.3) is 5.91 Å². The zero-order valence-corrected chi connectivity index (χ0v) is 15.7. The molecule has 29 heavy (non-hydrogen) atoms. The Hall–Kier alpha value is -3.93. The van der Waals surface area contributed by atoms with E-state index in [0.29, 0.717) is 18.8 Å². The van der Waals surface area contributed by atoms with Crippen LogP contribution in [0.4, 0.5) is 0 Å². The van der Waals surface area contributed by atoms with Gasteiger partial charge in [-0.25, -0.2) is 9.67 Å². The number of carbonyl (C=O) groups is 1. The summed E-state index contributed by atoms with van der Waals surface area (Å²) in [6, 6.07) is 20.7. The summed E-state index contributed by atoms with van der Waals surface area (Å²) >= 11 is 0. The summed E-state index contributed by atoms with van der Waals surface area (Å²) in [5.74, 6) is 0.344. The minimum atomic E-state index is -0.325. The van der Waals surface area contributed by atoms with Crippen molar-refractivity contribution in [2.24, 2.45) is 0 Å². The minimum Gasteiger partial charge on any atom is -0.507 e. The molecule has 2 N–H and O–H groups in total. The Kier molecular flexibility index (Phi) is 5.33. The molecule has 6 heteroatoms. The molecule has 0 aliphatic rings. The molecule has 0 saturated carbocycles. The van der Waals surface area contributed by atoms with Gasteiger partial charge in [0, 0.05) is 25.1 Å². The van der Waals surface area contributed by atoms with E-state index in [2.05, 4.69) is 15.4 Å². The lowest BCUT2D eigenvalue weighted by Gasteiger charge is -2.10. The number of benzene rings is 2. The second-order valence-corrected chi connectivity index (χ2v) is 6.67. The van der Waals surface area contributed by atoms with E-state index in [0.717, 1.165) is 16.7 Å². The van der Waals surface area contributed by atoms with Crippen molar-refractivity contribution in [1.82, 2.24) is 20.1 Å². The third-order valence-corrected chi connectivity index (χ3v) is 4.56. The topological polar surface area (TPSA) is 80.0 Å². The molecule has 0 radical (unpaired) electrons. The number of nitrogens with one attached hydrogen (secondary N) is 1. The quantitative estimate of drug-likeness (QED) is 0.533. The highest BCUT2D eigenvalue weighted by atomic mass is 16.3. The van der Waals surface area contributed by atoms with Crippen LogP contribution in [0.3, 0.4) is 0 Å². The van der Waals surface area contributed by atoms with Gasteiger partial charge < -0.3 is 10.4 Å². The van der Waals surface area contributed by atoms with Crippen LogP contribution in [0.25, 0.3) is 5.82 Å². The fraction of sp³-hybridized carbons (Fsp3) is 0.0870. The molecule has 0 bridgehead atoms. The third-order valence-electron chi connectivity index (χ3n) is 4.56. The molecular formula is C23H20N4O2. The molecule has 0 spiro atoms. The van der Waals surface area contributed by atoms with Gasteiger partial charge in [-0.05, 0) is 47.4 Å². The predicted molar refractivity (Wildman–Crippen MR) is 110 cm³/mol. The van der Waals surface area contributed by atoms with Crippen molar-refractivity contribution in [2.75, 3.05) is 0 Å². The van der Waals surface area contributed by atoms with E-state index in [1.165, 1.54) is 0 Å². The lowest BCUT2D eigenvalue weighted by Crippen LogP contribution is -2.23. The molecule has 2 aromatic carbocycles. The van der Waals surface area contributed by atoms with Gasteiger partial charge in [-0.2, -0.15) is 5.10 Å². The largest absolute Gasteiger partial charge is 0.507 e. The summed E-state index contributed by atoms with van der Waals surface area (Å²) < 4.78 is 1.67. The maximum atomic E-state index is 12.6. The number of carbonyl (C=O) groups excluding carboxylic acids is 1. The molecule has 0 saturated heterocycles. The van der Waals surface area contributed by atoms with Gasteiger partial charge >= 0.3 is 0 Å². The van der Waals surface area contributed by atoms with Crippen LogP contribution in [-0.4, -0.2) is 25.8 Å². The van der Waals surface area contributed by atoms with E-state index in [-0.39, 0.29) is 17.2 Å². The molecule has 0 aliphatic carbocycles. The van der Waals surface area contributed by atoms with Crippen molar-refractivity contribution >= 4 is 5.91 Å². The average Bonchev–Trinajstić information content (AvgIpc) is 3.29. The monoisotopic (exact) mass is 384 g/mol. The molecule has 2 heterocycles. The first-order valence-corrected chi connectivity index (χ1v) is 9.28. The van der Waals surface area contributed by atoms with Crippen molar-refractivity contribution in [3.8, 4) is 11.6 Å². The van der Waals surface area contributed by atoms with Gasteiger partial charge in [0.15, 0.2) is 5.82 Å². The Morgan fingerprint density at radius 1 is 0.966 bits per heavy atom. The number of phenolic OH excluding ortho intramolecular Hbond substituents is 1. The predicted octanol–water partition coefficient (Wildman–Crippen LogP) is 3.49. The summed E-state index contributed by atoms with van der Waals surface area (Å²) in [4.78, 5) is 16.9. The van der Waals surface area contributed by atoms with Crippen LogP contribution < -0.4 is 5.32 Å². The molecule has 4 rings (SSSR count). The van der Waals surface area contributed by atoms with Crippen molar-refractivity contribution in [2.45, 2.75) is 13.0 Å². The van der Waals surface area contributed by atoms with Crippen molar-refractivity contribution in [1.29, 1.82) is 0 Å². The van der Waals surface area contributed by atoms with Crippen LogP contribution in [0.2, 0.25) is 0 Å². The Balaban J connectivity index is 1.42. The molecular weight excluding hydrogens is 364 g/mol. The number of phenols is 1. The molecule has 2 aromatic heterocycles. The molecule has 0 atom stereocenters. The van der Waals surface area contributed by atoms with Crippen molar-refractivity contribution in [3.63, 3.8) is 0 Å². The number of pyridine rings is 1. The number of aromatic hydroxyl groups is 1. The van der Waals surface area contributed by atoms with Crippen LogP contribution in [0, 0.1) is 0 Å². The first kappa shape index (κ1) is 18.4. The summed E-state index contributed by atoms with van der Waals surface area (Å²) in [7, 11) is 0. The van der Waals surface area contributed by atoms with E-state index in [4.69, 9.17) is 0 Å². The fourth-order valence-electron chi connectivity index (χ4n) is 3.05. The van der Waals surface area contributed by atoms with Crippen LogP contribution in [0.5, 0.6) is 5.75 Å². The zero-order valence-electron chi connectivity index (χ0n) is 15.7. The van der Waals surface area contributed by atoms with E-state index in [1.807, 2.05) is 60.8 Å². The van der Waals surface area contributed by atoms with Gasteiger partial charge in [-0.3, -0.25) is 4.79 Å². The van der Waals surface area contributed by atoms with E-state index >= 15 is 0 Å². The smallest absolute Gasteiger partial charge is 0.255 e. The summed E-state index contributed by atoms with van der Waals surface area (Å²) in [6.45, 7) is 0.313. The van der Waals surface area contributed by atoms with Gasteiger partial charge in [-0.15, -0.1) is 0 Å². The van der Waals surface area contributed by atoms with Gasteiger partial charge in [-0.1, -0.05) is 42.5 Å². The number of rotatable bonds is 6. The minimum absolute atomic E-state index is 0.0357. The first-order chi connectivity index (χ1) is 14.2. The van der Waals surface area contributed by atoms with Crippen LogP contribution >= 0.6 is 0 Å². The molecule has 6 nitrogen and oxygen atoms in total. The van der Waals surface area contributed by atoms with Crippen molar-refractivity contribution in [3.05, 3.63) is 108 Å². The molecule has 1 amide bonds. The highest BCUT2D eigenvalue weighted by Crippen LogP contribution is 2.20. The Morgan fingerprint density at radius 2 is 1.79 bits per heavy atom. The molecule has 0 unspecified atom stereocenters. The normalized spacial score (nSPS) is 10.6. The molecule has 0 aliphatic heterocycles. The number of aromatic nitrogens is 3. The highest BCUT2D eigenvalue weighted by Gasteiger charge is 2.12. The Labute approximate surface area is 168 Å². The molecule has 0 fully saturated rings. The van der Waals surface area contributed by atoms with Gasteiger partial charge in [0.05, 0.1) is 5.56 Å². The average molecular weight is 384 g/mol. The second-order valence-electron chi connectivity index (χ2n) is 6.67. The maximum absolute atomic E-state index is 12.6. The SMILES string of the molecule is O=C(NCc1ccc(-n2cccn2)nc1)c1cc(Cc2ccccc2)ccc1O. The number of nitrogens with zero attached hydrogens (tertiary/aromatic N) is 3. The van der Waals surface area contributed by atoms with Gasteiger partial charge in [0.1, 0.15) is 5.75 Å². The number of hydrogen-bond donors (Lipinski definition) is 2. The Morgan fingerprint density at radius 3 is 2.52 bits per heavy atom. The van der Waals surface area contributed by atoms with Crippen LogP contribution in [0.1, 0.15) is 27.0 Å². The summed E-state index contributed by atoms with van der Waals surface area (Å²) in [5.41, 5.74) is 3.23. The van der Waals surface area contributed by atoms with E-state index in [1.54, 1.807) is 29.2 Å². The lowest BCUT2D eigenvalue weighted by molar-refractivity contribution is 0.0948. The summed E-state index contributed by atoms with van der Waals surface area (Å²) in [5, 5.41) is 17.1. The number of hydrogen-bond acceptors (Lipinski definition) is 4. The number of amides is 1. The van der Waals surface area contributed by atoms with Crippen LogP contribution in [-0.2, 0) is 13.0 Å². The maximum Gasteiger partial charge on any atom is 0.255 e. The zero-order chi connectivity index (χ0) is 20.1. The molecule has 4 aromatic rings. The molecule has 144 valence electrons. The van der Waals surface area contributed by atoms with E-state index < -0.39 is 0 Å². The lowest BCUT2D eigenvalue weighted by atomic mass is 10.0. The Bertz CT molecular complexity index is 1090. The van der Waals surface area contributed by atoms with Crippen LogP contribution in [0.15, 0.2) is 85.3 Å². The van der Waals surface area contributed by atoms with Crippen molar-refractivity contribution < 1.29 is 9.90 Å².